The van der Waals surface area contributed by atoms with Crippen molar-refractivity contribution < 1.29 is 17.9 Å². The monoisotopic (exact) mass is 432 g/mol. The molecule has 1 heterocycles. The lowest BCUT2D eigenvalue weighted by molar-refractivity contribution is -0.131. The smallest absolute Gasteiger partial charge is 0.243 e. The number of carbonyl (C=O) groups is 1. The number of piperazine rings is 1. The number of sulfonamides is 1. The molecule has 0 atom stereocenters. The van der Waals surface area contributed by atoms with Gasteiger partial charge in [0.15, 0.2) is 0 Å². The second kappa shape index (κ2) is 10.4. The summed E-state index contributed by atoms with van der Waals surface area (Å²) in [6.07, 6.45) is 0.149. The molecule has 1 saturated heterocycles. The number of ether oxygens (including phenoxy) is 1. The first kappa shape index (κ1) is 22.9. The van der Waals surface area contributed by atoms with Crippen LogP contribution in [0.3, 0.4) is 0 Å². The van der Waals surface area contributed by atoms with Crippen LogP contribution in [-0.2, 0) is 14.8 Å². The normalized spacial score (nSPS) is 15.3. The molecule has 1 N–H and O–H groups in total. The van der Waals surface area contributed by atoms with E-state index in [1.807, 2.05) is 19.0 Å². The van der Waals surface area contributed by atoms with E-state index < -0.39 is 10.0 Å². The molecule has 158 valence electrons. The summed E-state index contributed by atoms with van der Waals surface area (Å²) >= 11 is 6.11. The first-order valence-corrected chi connectivity index (χ1v) is 11.0. The van der Waals surface area contributed by atoms with Gasteiger partial charge in [0.2, 0.25) is 15.9 Å². The van der Waals surface area contributed by atoms with Crippen LogP contribution in [0, 0.1) is 0 Å². The number of likely N-dealkylation sites (N-methyl/N-ethyl adjacent to an activating group) is 1. The van der Waals surface area contributed by atoms with Crippen molar-refractivity contribution in [2.75, 3.05) is 67.0 Å². The lowest BCUT2D eigenvalue weighted by Gasteiger charge is -2.29. The van der Waals surface area contributed by atoms with Crippen molar-refractivity contribution in [1.82, 2.24) is 19.4 Å². The van der Waals surface area contributed by atoms with Crippen molar-refractivity contribution in [2.45, 2.75) is 11.3 Å². The fraction of sp³-hybridized carbons (Fsp3) is 0.611. The van der Waals surface area contributed by atoms with Crippen LogP contribution in [0.4, 0.5) is 0 Å². The standard InChI is InChI=1S/C18H29ClN4O4S/c1-21(2)12-13-23(9-6-18(24)22-10-7-20-8-11-22)28(25,26)15-4-5-17(27-3)16(19)14-15/h4-5,14,20H,6-13H2,1-3H3. The number of nitrogens with zero attached hydrogens (tertiary/aromatic N) is 3. The first-order valence-electron chi connectivity index (χ1n) is 9.22. The molecule has 2 rings (SSSR count). The summed E-state index contributed by atoms with van der Waals surface area (Å²) in [6.45, 7) is 3.79. The zero-order chi connectivity index (χ0) is 20.7. The van der Waals surface area contributed by atoms with Crippen molar-refractivity contribution in [3.8, 4) is 5.75 Å². The molecule has 1 aromatic carbocycles. The molecule has 0 aliphatic carbocycles. The highest BCUT2D eigenvalue weighted by Crippen LogP contribution is 2.28. The van der Waals surface area contributed by atoms with Crippen molar-refractivity contribution in [3.05, 3.63) is 23.2 Å². The Hall–Kier alpha value is -1.39. The molecule has 28 heavy (non-hydrogen) atoms. The molecule has 0 bridgehead atoms. The Kier molecular flexibility index (Phi) is 8.51. The molecular weight excluding hydrogens is 404 g/mol. The Labute approximate surface area is 172 Å². The van der Waals surface area contributed by atoms with E-state index in [9.17, 15) is 13.2 Å². The van der Waals surface area contributed by atoms with Gasteiger partial charge in [-0.05, 0) is 32.3 Å². The third kappa shape index (κ3) is 6.05. The van der Waals surface area contributed by atoms with Crippen molar-refractivity contribution in [1.29, 1.82) is 0 Å². The van der Waals surface area contributed by atoms with Crippen molar-refractivity contribution >= 4 is 27.5 Å². The summed E-state index contributed by atoms with van der Waals surface area (Å²) in [7, 11) is 1.44. The maximum atomic E-state index is 13.2. The molecule has 0 radical (unpaired) electrons. The Morgan fingerprint density at radius 3 is 2.46 bits per heavy atom. The van der Waals surface area contributed by atoms with Gasteiger partial charge < -0.3 is 19.9 Å². The van der Waals surface area contributed by atoms with Gasteiger partial charge in [-0.1, -0.05) is 11.6 Å². The van der Waals surface area contributed by atoms with Gasteiger partial charge in [-0.3, -0.25) is 4.79 Å². The molecule has 0 aromatic heterocycles. The molecule has 1 aliphatic heterocycles. The maximum Gasteiger partial charge on any atom is 0.243 e. The summed E-state index contributed by atoms with van der Waals surface area (Å²) in [5, 5.41) is 3.43. The van der Waals surface area contributed by atoms with E-state index in [0.29, 0.717) is 25.4 Å². The second-order valence-electron chi connectivity index (χ2n) is 6.88. The van der Waals surface area contributed by atoms with Crippen LogP contribution in [0.25, 0.3) is 0 Å². The summed E-state index contributed by atoms with van der Waals surface area (Å²) < 4.78 is 32.8. The summed E-state index contributed by atoms with van der Waals surface area (Å²) in [6, 6.07) is 4.39. The number of carbonyl (C=O) groups excluding carboxylic acids is 1. The van der Waals surface area contributed by atoms with Crippen LogP contribution < -0.4 is 10.1 Å². The van der Waals surface area contributed by atoms with E-state index in [4.69, 9.17) is 16.3 Å². The van der Waals surface area contributed by atoms with Gasteiger partial charge >= 0.3 is 0 Å². The lowest BCUT2D eigenvalue weighted by Crippen LogP contribution is -2.47. The van der Waals surface area contributed by atoms with Gasteiger partial charge in [-0.25, -0.2) is 8.42 Å². The molecular formula is C18H29ClN4O4S. The molecule has 1 amide bonds. The van der Waals surface area contributed by atoms with E-state index in [0.717, 1.165) is 13.1 Å². The SMILES string of the molecule is COc1ccc(S(=O)(=O)N(CCC(=O)N2CCNCC2)CCN(C)C)cc1Cl. The van der Waals surface area contributed by atoms with Crippen molar-refractivity contribution in [3.63, 3.8) is 0 Å². The number of methoxy groups -OCH3 is 1. The molecule has 1 aliphatic rings. The van der Waals surface area contributed by atoms with E-state index in [1.54, 1.807) is 4.90 Å². The van der Waals surface area contributed by atoms with Crippen LogP contribution >= 0.6 is 11.6 Å². The number of nitrogens with one attached hydrogen (secondary N) is 1. The average molecular weight is 433 g/mol. The van der Waals surface area contributed by atoms with Crippen molar-refractivity contribution in [2.24, 2.45) is 0 Å². The maximum absolute atomic E-state index is 13.2. The van der Waals surface area contributed by atoms with Crippen LogP contribution in [-0.4, -0.2) is 95.4 Å². The average Bonchev–Trinajstić information content (AvgIpc) is 2.67. The fourth-order valence-corrected chi connectivity index (χ4v) is 4.69. The Morgan fingerprint density at radius 1 is 1.21 bits per heavy atom. The first-order chi connectivity index (χ1) is 13.3. The Balaban J connectivity index is 2.15. The number of amides is 1. The van der Waals surface area contributed by atoms with Gasteiger partial charge in [-0.15, -0.1) is 0 Å². The molecule has 1 fully saturated rings. The highest BCUT2D eigenvalue weighted by molar-refractivity contribution is 7.89. The summed E-state index contributed by atoms with van der Waals surface area (Å²) in [4.78, 5) is 16.2. The van der Waals surface area contributed by atoms with Gasteiger partial charge in [0, 0.05) is 52.2 Å². The van der Waals surface area contributed by atoms with Crippen LogP contribution in [0.5, 0.6) is 5.75 Å². The van der Waals surface area contributed by atoms with Gasteiger partial charge in [0.25, 0.3) is 0 Å². The van der Waals surface area contributed by atoms with E-state index in [-0.39, 0.29) is 35.3 Å². The highest BCUT2D eigenvalue weighted by Gasteiger charge is 2.27. The van der Waals surface area contributed by atoms with Crippen LogP contribution in [0.2, 0.25) is 5.02 Å². The number of hydrogen-bond donors (Lipinski definition) is 1. The zero-order valence-corrected chi connectivity index (χ0v) is 18.2. The number of rotatable bonds is 9. The van der Waals surface area contributed by atoms with Crippen LogP contribution in [0.1, 0.15) is 6.42 Å². The number of hydrogen-bond acceptors (Lipinski definition) is 6. The highest BCUT2D eigenvalue weighted by atomic mass is 35.5. The van der Waals surface area contributed by atoms with Gasteiger partial charge in [0.1, 0.15) is 5.75 Å². The Bertz CT molecular complexity index is 767. The van der Waals surface area contributed by atoms with E-state index in [1.165, 1.54) is 29.6 Å². The molecule has 0 unspecified atom stereocenters. The quantitative estimate of drug-likeness (QED) is 0.619. The fourth-order valence-electron chi connectivity index (χ4n) is 2.91. The van der Waals surface area contributed by atoms with Crippen LogP contribution in [0.15, 0.2) is 23.1 Å². The van der Waals surface area contributed by atoms with Gasteiger partial charge in [-0.2, -0.15) is 4.31 Å². The predicted molar refractivity (Wildman–Crippen MR) is 109 cm³/mol. The molecule has 0 spiro atoms. The number of benzene rings is 1. The molecule has 1 aromatic rings. The third-order valence-corrected chi connectivity index (χ3v) is 6.79. The molecule has 8 nitrogen and oxygen atoms in total. The minimum atomic E-state index is -3.79. The second-order valence-corrected chi connectivity index (χ2v) is 9.23. The predicted octanol–water partition coefficient (Wildman–Crippen LogP) is 0.723. The topological polar surface area (TPSA) is 82.2 Å². The largest absolute Gasteiger partial charge is 0.495 e. The zero-order valence-electron chi connectivity index (χ0n) is 16.6. The minimum absolute atomic E-state index is 0.0284. The lowest BCUT2D eigenvalue weighted by atomic mass is 10.3. The molecule has 10 heteroatoms. The van der Waals surface area contributed by atoms with E-state index >= 15 is 0 Å². The molecule has 0 saturated carbocycles. The van der Waals surface area contributed by atoms with E-state index in [2.05, 4.69) is 5.32 Å². The minimum Gasteiger partial charge on any atom is -0.495 e. The third-order valence-electron chi connectivity index (χ3n) is 4.60. The number of halogens is 1. The van der Waals surface area contributed by atoms with Gasteiger partial charge in [0.05, 0.1) is 17.0 Å². The summed E-state index contributed by atoms with van der Waals surface area (Å²) in [5.41, 5.74) is 0. The summed E-state index contributed by atoms with van der Waals surface area (Å²) in [5.74, 6) is 0.383. The Morgan fingerprint density at radius 2 is 1.89 bits per heavy atom.